The second kappa shape index (κ2) is 6.84. The number of hydrogen-bond acceptors (Lipinski definition) is 4. The van der Waals surface area contributed by atoms with Gasteiger partial charge >= 0.3 is 12.0 Å². The summed E-state index contributed by atoms with van der Waals surface area (Å²) in [6.07, 6.45) is 3.79. The summed E-state index contributed by atoms with van der Waals surface area (Å²) in [5.74, 6) is -1.24. The molecule has 1 aliphatic rings. The first-order valence-corrected chi connectivity index (χ1v) is 7.23. The van der Waals surface area contributed by atoms with Crippen LogP contribution in [0.2, 0.25) is 0 Å². The van der Waals surface area contributed by atoms with E-state index in [0.29, 0.717) is 5.25 Å². The Kier molecular flexibility index (Phi) is 5.74. The van der Waals surface area contributed by atoms with Crippen LogP contribution in [-0.2, 0) is 4.79 Å². The summed E-state index contributed by atoms with van der Waals surface area (Å²) in [5, 5.41) is 23.6. The van der Waals surface area contributed by atoms with Crippen molar-refractivity contribution in [3.05, 3.63) is 0 Å². The number of nitrogens with one attached hydrogen (secondary N) is 2. The normalized spacial score (nSPS) is 26.4. The second-order valence-corrected chi connectivity index (χ2v) is 5.68. The van der Waals surface area contributed by atoms with Crippen molar-refractivity contribution >= 4 is 23.8 Å². The van der Waals surface area contributed by atoms with E-state index in [0.717, 1.165) is 19.3 Å². The van der Waals surface area contributed by atoms with Crippen molar-refractivity contribution in [1.29, 1.82) is 0 Å². The number of urea groups is 1. The molecule has 0 aliphatic heterocycles. The Bertz CT molecular complexity index is 311. The highest BCUT2D eigenvalue weighted by Gasteiger charge is 2.28. The van der Waals surface area contributed by atoms with Crippen molar-refractivity contribution in [3.8, 4) is 0 Å². The minimum Gasteiger partial charge on any atom is -0.480 e. The fraction of sp³-hybridized carbons (Fsp3) is 0.818. The maximum atomic E-state index is 11.6. The SMILES string of the molecule is CSC1CCC(NC(=O)NC(C(=O)O)C(C)O)C1. The highest BCUT2D eigenvalue weighted by atomic mass is 32.2. The van der Waals surface area contributed by atoms with Crippen LogP contribution in [0.3, 0.4) is 0 Å². The van der Waals surface area contributed by atoms with Gasteiger partial charge in [0.2, 0.25) is 0 Å². The molecule has 0 radical (unpaired) electrons. The summed E-state index contributed by atoms with van der Waals surface area (Å²) >= 11 is 1.78. The molecule has 104 valence electrons. The Balaban J connectivity index is 2.39. The van der Waals surface area contributed by atoms with Gasteiger partial charge in [-0.15, -0.1) is 0 Å². The van der Waals surface area contributed by atoms with E-state index >= 15 is 0 Å². The fourth-order valence-corrected chi connectivity index (χ4v) is 2.84. The number of carboxylic acids is 1. The van der Waals surface area contributed by atoms with Gasteiger partial charge in [-0.3, -0.25) is 0 Å². The van der Waals surface area contributed by atoms with Gasteiger partial charge in [0.15, 0.2) is 6.04 Å². The topological polar surface area (TPSA) is 98.7 Å². The predicted molar refractivity (Wildman–Crippen MR) is 69.7 cm³/mol. The Morgan fingerprint density at radius 1 is 1.39 bits per heavy atom. The lowest BCUT2D eigenvalue weighted by molar-refractivity contribution is -0.141. The van der Waals surface area contributed by atoms with E-state index < -0.39 is 24.1 Å². The lowest BCUT2D eigenvalue weighted by Crippen LogP contribution is -2.52. The van der Waals surface area contributed by atoms with Crippen LogP contribution in [0.25, 0.3) is 0 Å². The summed E-state index contributed by atoms with van der Waals surface area (Å²) in [5.41, 5.74) is 0. The minimum atomic E-state index is -1.28. The van der Waals surface area contributed by atoms with Gasteiger partial charge in [0, 0.05) is 11.3 Å². The van der Waals surface area contributed by atoms with Crippen LogP contribution in [0.1, 0.15) is 26.2 Å². The van der Waals surface area contributed by atoms with Crippen LogP contribution in [0, 0.1) is 0 Å². The van der Waals surface area contributed by atoms with Crippen LogP contribution < -0.4 is 10.6 Å². The summed E-state index contributed by atoms with van der Waals surface area (Å²) in [7, 11) is 0. The van der Waals surface area contributed by atoms with Crippen molar-refractivity contribution in [1.82, 2.24) is 10.6 Å². The molecule has 1 aliphatic carbocycles. The molecule has 1 saturated carbocycles. The first-order valence-electron chi connectivity index (χ1n) is 5.94. The average Bonchev–Trinajstić information content (AvgIpc) is 2.72. The number of carboxylic acid groups (broad SMARTS) is 1. The van der Waals surface area contributed by atoms with E-state index in [-0.39, 0.29) is 6.04 Å². The quantitative estimate of drug-likeness (QED) is 0.583. The minimum absolute atomic E-state index is 0.0888. The molecular formula is C11H20N2O4S. The van der Waals surface area contributed by atoms with E-state index in [2.05, 4.69) is 10.6 Å². The molecule has 0 heterocycles. The molecule has 0 spiro atoms. The maximum Gasteiger partial charge on any atom is 0.328 e. The molecule has 4 atom stereocenters. The lowest BCUT2D eigenvalue weighted by Gasteiger charge is -2.19. The van der Waals surface area contributed by atoms with Crippen LogP contribution in [0.15, 0.2) is 0 Å². The molecule has 0 aromatic carbocycles. The number of rotatable bonds is 5. The largest absolute Gasteiger partial charge is 0.480 e. The van der Waals surface area contributed by atoms with Crippen molar-refractivity contribution < 1.29 is 19.8 Å². The van der Waals surface area contributed by atoms with Crippen molar-refractivity contribution in [2.45, 2.75) is 49.6 Å². The maximum absolute atomic E-state index is 11.6. The standard InChI is InChI=1S/C11H20N2O4S/c1-6(14)9(10(15)16)13-11(17)12-7-3-4-8(5-7)18-2/h6-9,14H,3-5H2,1-2H3,(H,15,16)(H2,12,13,17). The van der Waals surface area contributed by atoms with Gasteiger partial charge < -0.3 is 20.8 Å². The number of carbonyl (C=O) groups excluding carboxylic acids is 1. The van der Waals surface area contributed by atoms with Gasteiger partial charge in [-0.25, -0.2) is 9.59 Å². The van der Waals surface area contributed by atoms with E-state index in [9.17, 15) is 14.7 Å². The summed E-state index contributed by atoms with van der Waals surface area (Å²) in [4.78, 5) is 22.4. The molecule has 6 nitrogen and oxygen atoms in total. The molecule has 7 heteroatoms. The Labute approximate surface area is 111 Å². The Morgan fingerprint density at radius 3 is 2.50 bits per heavy atom. The Hall–Kier alpha value is -0.950. The number of thioether (sulfide) groups is 1. The highest BCUT2D eigenvalue weighted by Crippen LogP contribution is 2.27. The summed E-state index contributed by atoms with van der Waals surface area (Å²) in [6.45, 7) is 1.33. The summed E-state index contributed by atoms with van der Waals surface area (Å²) in [6, 6.07) is -1.72. The molecular weight excluding hydrogens is 256 g/mol. The molecule has 1 rings (SSSR count). The molecule has 4 N–H and O–H groups in total. The van der Waals surface area contributed by atoms with E-state index in [1.807, 2.05) is 6.26 Å². The van der Waals surface area contributed by atoms with Crippen LogP contribution in [-0.4, -0.2) is 51.9 Å². The zero-order valence-corrected chi connectivity index (χ0v) is 11.4. The molecule has 2 amide bonds. The third-order valence-corrected chi connectivity index (χ3v) is 4.18. The van der Waals surface area contributed by atoms with Gasteiger partial charge in [-0.2, -0.15) is 11.8 Å². The van der Waals surface area contributed by atoms with Crippen molar-refractivity contribution in [3.63, 3.8) is 0 Å². The van der Waals surface area contributed by atoms with Crippen LogP contribution in [0.4, 0.5) is 4.79 Å². The number of carbonyl (C=O) groups is 2. The van der Waals surface area contributed by atoms with Gasteiger partial charge in [-0.1, -0.05) is 0 Å². The van der Waals surface area contributed by atoms with Crippen LogP contribution in [0.5, 0.6) is 0 Å². The molecule has 0 aromatic rings. The van der Waals surface area contributed by atoms with Crippen LogP contribution >= 0.6 is 11.8 Å². The lowest BCUT2D eigenvalue weighted by atomic mass is 10.2. The van der Waals surface area contributed by atoms with E-state index in [4.69, 9.17) is 5.11 Å². The molecule has 18 heavy (non-hydrogen) atoms. The number of aliphatic carboxylic acids is 1. The first kappa shape index (κ1) is 15.1. The van der Waals surface area contributed by atoms with Gasteiger partial charge in [0.25, 0.3) is 0 Å². The number of aliphatic hydroxyl groups excluding tert-OH is 1. The molecule has 1 fully saturated rings. The zero-order chi connectivity index (χ0) is 13.7. The van der Waals surface area contributed by atoms with E-state index in [1.165, 1.54) is 6.92 Å². The van der Waals surface area contributed by atoms with Gasteiger partial charge in [0.05, 0.1) is 6.10 Å². The number of aliphatic hydroxyl groups is 1. The van der Waals surface area contributed by atoms with Crippen molar-refractivity contribution in [2.75, 3.05) is 6.26 Å². The fourth-order valence-electron chi connectivity index (χ4n) is 2.04. The third-order valence-electron chi connectivity index (χ3n) is 3.09. The van der Waals surface area contributed by atoms with Gasteiger partial charge in [-0.05, 0) is 32.4 Å². The predicted octanol–water partition coefficient (Wildman–Crippen LogP) is 0.404. The monoisotopic (exact) mass is 276 g/mol. The van der Waals surface area contributed by atoms with Crippen molar-refractivity contribution in [2.24, 2.45) is 0 Å². The first-order chi connectivity index (χ1) is 8.43. The number of amides is 2. The number of hydrogen-bond donors (Lipinski definition) is 4. The average molecular weight is 276 g/mol. The summed E-state index contributed by atoms with van der Waals surface area (Å²) < 4.78 is 0. The highest BCUT2D eigenvalue weighted by molar-refractivity contribution is 7.99. The molecule has 0 bridgehead atoms. The Morgan fingerprint density at radius 2 is 2.06 bits per heavy atom. The van der Waals surface area contributed by atoms with Gasteiger partial charge in [0.1, 0.15) is 0 Å². The molecule has 0 saturated heterocycles. The third kappa shape index (κ3) is 4.38. The molecule has 0 aromatic heterocycles. The van der Waals surface area contributed by atoms with E-state index in [1.54, 1.807) is 11.8 Å². The second-order valence-electron chi connectivity index (χ2n) is 4.54. The zero-order valence-electron chi connectivity index (χ0n) is 10.5. The smallest absolute Gasteiger partial charge is 0.328 e. The molecule has 4 unspecified atom stereocenters.